The molecule has 1 unspecified atom stereocenters. The maximum Gasteiger partial charge on any atom is 0.293 e. The van der Waals surface area contributed by atoms with Gasteiger partial charge in [0.25, 0.3) is 11.6 Å². The molecule has 1 atom stereocenters. The first-order valence-electron chi connectivity index (χ1n) is 8.42. The lowest BCUT2D eigenvalue weighted by molar-refractivity contribution is -0.384. The summed E-state index contributed by atoms with van der Waals surface area (Å²) in [5.41, 5.74) is 1.18. The maximum absolute atomic E-state index is 12.4. The lowest BCUT2D eigenvalue weighted by Crippen LogP contribution is -2.22. The quantitative estimate of drug-likeness (QED) is 0.385. The number of nitro benzene ring substituents is 1. The Balaban J connectivity index is 1.74. The number of thiophene rings is 1. The number of rotatable bonds is 7. The van der Waals surface area contributed by atoms with Gasteiger partial charge in [-0.3, -0.25) is 19.9 Å². The van der Waals surface area contributed by atoms with Crippen LogP contribution in [0.15, 0.2) is 58.5 Å². The van der Waals surface area contributed by atoms with Gasteiger partial charge in [-0.25, -0.2) is 0 Å². The zero-order valence-corrected chi connectivity index (χ0v) is 17.3. The van der Waals surface area contributed by atoms with Crippen LogP contribution in [-0.4, -0.2) is 15.8 Å². The Morgan fingerprint density at radius 2 is 2.11 bits per heavy atom. The van der Waals surface area contributed by atoms with E-state index in [9.17, 15) is 14.9 Å². The van der Waals surface area contributed by atoms with Crippen LogP contribution in [0.4, 0.5) is 11.4 Å². The molecule has 0 radical (unpaired) electrons. The predicted octanol–water partition coefficient (Wildman–Crippen LogP) is 4.92. The van der Waals surface area contributed by atoms with Crippen molar-refractivity contribution in [3.63, 3.8) is 0 Å². The van der Waals surface area contributed by atoms with E-state index in [1.165, 1.54) is 17.4 Å². The minimum atomic E-state index is -0.499. The molecule has 7 nitrogen and oxygen atoms in total. The molecule has 28 heavy (non-hydrogen) atoms. The van der Waals surface area contributed by atoms with Crippen molar-refractivity contribution in [3.05, 3.63) is 84.8 Å². The second-order valence-electron chi connectivity index (χ2n) is 6.00. The number of benzene rings is 1. The third kappa shape index (κ3) is 4.93. The van der Waals surface area contributed by atoms with Gasteiger partial charge in [-0.1, -0.05) is 6.07 Å². The first-order chi connectivity index (χ1) is 13.4. The molecule has 0 saturated heterocycles. The summed E-state index contributed by atoms with van der Waals surface area (Å²) in [5, 5.41) is 17.4. The molecule has 0 saturated carbocycles. The van der Waals surface area contributed by atoms with Crippen LogP contribution in [0.5, 0.6) is 0 Å². The molecule has 1 amide bonds. The molecule has 2 heterocycles. The first-order valence-corrected chi connectivity index (χ1v) is 10.0. The van der Waals surface area contributed by atoms with Gasteiger partial charge in [0, 0.05) is 22.7 Å². The largest absolute Gasteiger partial charge is 0.371 e. The van der Waals surface area contributed by atoms with Gasteiger partial charge in [0.15, 0.2) is 0 Å². The van der Waals surface area contributed by atoms with E-state index >= 15 is 0 Å². The smallest absolute Gasteiger partial charge is 0.293 e. The van der Waals surface area contributed by atoms with E-state index in [0.29, 0.717) is 12.2 Å². The van der Waals surface area contributed by atoms with Crippen molar-refractivity contribution in [2.75, 3.05) is 5.32 Å². The third-order valence-electron chi connectivity index (χ3n) is 4.01. The predicted molar refractivity (Wildman–Crippen MR) is 113 cm³/mol. The standard InChI is InChI=1S/C19H17BrN4O3S/c1-12(15-4-2-3-9-21-15)23-16-7-5-13(10-17(16)24(26)27)19(25)22-11-14-6-8-18(20)28-14/h2-10,12,23H,11H2,1H3,(H,22,25). The summed E-state index contributed by atoms with van der Waals surface area (Å²) >= 11 is 4.89. The molecule has 3 rings (SSSR count). The van der Waals surface area contributed by atoms with Gasteiger partial charge in [-0.05, 0) is 59.3 Å². The SMILES string of the molecule is CC(Nc1ccc(C(=O)NCc2ccc(Br)s2)cc1[N+](=O)[O-])c1ccccn1. The topological polar surface area (TPSA) is 97.2 Å². The second-order valence-corrected chi connectivity index (χ2v) is 8.55. The molecule has 0 bridgehead atoms. The first kappa shape index (κ1) is 20.0. The van der Waals surface area contributed by atoms with Crippen LogP contribution in [0, 0.1) is 10.1 Å². The number of amides is 1. The van der Waals surface area contributed by atoms with Crippen LogP contribution in [0.3, 0.4) is 0 Å². The van der Waals surface area contributed by atoms with Crippen LogP contribution in [-0.2, 0) is 6.54 Å². The van der Waals surface area contributed by atoms with Crippen molar-refractivity contribution >= 4 is 44.5 Å². The number of nitro groups is 1. The molecule has 144 valence electrons. The summed E-state index contributed by atoms with van der Waals surface area (Å²) in [6, 6.07) is 13.5. The van der Waals surface area contributed by atoms with Gasteiger partial charge >= 0.3 is 0 Å². The van der Waals surface area contributed by atoms with E-state index < -0.39 is 4.92 Å². The van der Waals surface area contributed by atoms with Crippen LogP contribution in [0.2, 0.25) is 0 Å². The molecular weight excluding hydrogens is 444 g/mol. The molecule has 0 aliphatic carbocycles. The third-order valence-corrected chi connectivity index (χ3v) is 5.64. The molecular formula is C19H17BrN4O3S. The number of carbonyl (C=O) groups is 1. The van der Waals surface area contributed by atoms with Crippen LogP contribution in [0.25, 0.3) is 0 Å². The van der Waals surface area contributed by atoms with Crippen LogP contribution < -0.4 is 10.6 Å². The zero-order chi connectivity index (χ0) is 20.1. The van der Waals surface area contributed by atoms with Crippen molar-refractivity contribution in [3.8, 4) is 0 Å². The summed E-state index contributed by atoms with van der Waals surface area (Å²) in [7, 11) is 0. The number of nitrogens with zero attached hydrogens (tertiary/aromatic N) is 2. The average molecular weight is 461 g/mol. The molecule has 0 fully saturated rings. The van der Waals surface area contributed by atoms with Gasteiger partial charge in [-0.15, -0.1) is 11.3 Å². The fourth-order valence-electron chi connectivity index (χ4n) is 2.60. The van der Waals surface area contributed by atoms with Crippen molar-refractivity contribution in [2.24, 2.45) is 0 Å². The lowest BCUT2D eigenvalue weighted by atomic mass is 10.1. The van der Waals surface area contributed by atoms with E-state index in [-0.39, 0.29) is 23.2 Å². The van der Waals surface area contributed by atoms with E-state index in [0.717, 1.165) is 14.4 Å². The van der Waals surface area contributed by atoms with E-state index in [4.69, 9.17) is 0 Å². The number of pyridine rings is 1. The molecule has 0 aliphatic heterocycles. The molecule has 0 aliphatic rings. The van der Waals surface area contributed by atoms with Crippen LogP contribution in [0.1, 0.15) is 33.9 Å². The minimum absolute atomic E-state index is 0.158. The zero-order valence-electron chi connectivity index (χ0n) is 14.9. The molecule has 3 aromatic rings. The molecule has 2 N–H and O–H groups in total. The highest BCUT2D eigenvalue weighted by Crippen LogP contribution is 2.29. The lowest BCUT2D eigenvalue weighted by Gasteiger charge is -2.15. The fourth-order valence-corrected chi connectivity index (χ4v) is 4.02. The van der Waals surface area contributed by atoms with Gasteiger partial charge in [-0.2, -0.15) is 0 Å². The number of anilines is 1. The summed E-state index contributed by atoms with van der Waals surface area (Å²) in [6.07, 6.45) is 1.67. The number of aromatic nitrogens is 1. The second kappa shape index (κ2) is 8.94. The average Bonchev–Trinajstić information content (AvgIpc) is 3.12. The Morgan fingerprint density at radius 1 is 1.29 bits per heavy atom. The summed E-state index contributed by atoms with van der Waals surface area (Å²) in [6.45, 7) is 2.23. The van der Waals surface area contributed by atoms with Gasteiger partial charge in [0.05, 0.1) is 27.0 Å². The molecule has 2 aromatic heterocycles. The Labute approximate surface area is 174 Å². The molecule has 1 aromatic carbocycles. The van der Waals surface area contributed by atoms with E-state index in [1.807, 2.05) is 31.2 Å². The molecule has 0 spiro atoms. The Morgan fingerprint density at radius 3 is 2.75 bits per heavy atom. The summed E-state index contributed by atoms with van der Waals surface area (Å²) in [4.78, 5) is 28.6. The van der Waals surface area contributed by atoms with Gasteiger partial charge < -0.3 is 10.6 Å². The van der Waals surface area contributed by atoms with Crippen molar-refractivity contribution in [2.45, 2.75) is 19.5 Å². The maximum atomic E-state index is 12.4. The molecule has 9 heteroatoms. The number of nitrogens with one attached hydrogen (secondary N) is 2. The number of carbonyl (C=O) groups excluding carboxylic acids is 1. The van der Waals surface area contributed by atoms with Gasteiger partial charge in [0.1, 0.15) is 5.69 Å². The Hall–Kier alpha value is -2.78. The van der Waals surface area contributed by atoms with Crippen LogP contribution >= 0.6 is 27.3 Å². The fraction of sp³-hybridized carbons (Fsp3) is 0.158. The minimum Gasteiger partial charge on any atom is -0.371 e. The number of halogens is 1. The highest BCUT2D eigenvalue weighted by atomic mass is 79.9. The Bertz CT molecular complexity index is 994. The Kier molecular flexibility index (Phi) is 6.37. The number of hydrogen-bond donors (Lipinski definition) is 2. The highest BCUT2D eigenvalue weighted by molar-refractivity contribution is 9.11. The van der Waals surface area contributed by atoms with Gasteiger partial charge in [0.2, 0.25) is 0 Å². The number of hydrogen-bond acceptors (Lipinski definition) is 6. The monoisotopic (exact) mass is 460 g/mol. The van der Waals surface area contributed by atoms with Crippen molar-refractivity contribution < 1.29 is 9.72 Å². The summed E-state index contributed by atoms with van der Waals surface area (Å²) in [5.74, 6) is -0.364. The summed E-state index contributed by atoms with van der Waals surface area (Å²) < 4.78 is 0.977. The highest BCUT2D eigenvalue weighted by Gasteiger charge is 2.19. The van der Waals surface area contributed by atoms with E-state index in [1.54, 1.807) is 24.4 Å². The normalized spacial score (nSPS) is 11.6. The van der Waals surface area contributed by atoms with Crippen molar-refractivity contribution in [1.29, 1.82) is 0 Å². The van der Waals surface area contributed by atoms with Crippen molar-refractivity contribution in [1.82, 2.24) is 10.3 Å². The van der Waals surface area contributed by atoms with E-state index in [2.05, 4.69) is 31.5 Å².